The zero-order valence-corrected chi connectivity index (χ0v) is 16.8. The molecule has 1 atom stereocenters. The molecule has 2 rings (SSSR count). The van der Waals surface area contributed by atoms with Crippen LogP contribution in [-0.2, 0) is 20.9 Å². The monoisotopic (exact) mass is 398 g/mol. The zero-order valence-electron chi connectivity index (χ0n) is 16.8. The summed E-state index contributed by atoms with van der Waals surface area (Å²) in [5, 5.41) is 4.70. The van der Waals surface area contributed by atoms with E-state index in [0.29, 0.717) is 11.7 Å². The van der Waals surface area contributed by atoms with Gasteiger partial charge in [0.05, 0.1) is 0 Å². The smallest absolute Gasteiger partial charge is 0.344 e. The van der Waals surface area contributed by atoms with Gasteiger partial charge in [-0.2, -0.15) is 0 Å². The van der Waals surface area contributed by atoms with Gasteiger partial charge in [0.2, 0.25) is 0 Å². The summed E-state index contributed by atoms with van der Waals surface area (Å²) in [5.41, 5.74) is 2.06. The molecule has 0 aliphatic heterocycles. The second-order valence-corrected chi connectivity index (χ2v) is 6.80. The van der Waals surface area contributed by atoms with E-state index in [9.17, 15) is 14.4 Å². The van der Waals surface area contributed by atoms with Gasteiger partial charge >= 0.3 is 12.0 Å². The molecular weight excluding hydrogens is 372 g/mol. The Morgan fingerprint density at radius 1 is 0.931 bits per heavy atom. The largest absolute Gasteiger partial charge is 0.482 e. The molecule has 0 spiro atoms. The molecule has 0 aromatic heterocycles. The van der Waals surface area contributed by atoms with Crippen molar-refractivity contribution in [3.05, 3.63) is 65.7 Å². The lowest BCUT2D eigenvalue weighted by Crippen LogP contribution is -2.44. The van der Waals surface area contributed by atoms with Crippen molar-refractivity contribution in [1.29, 1.82) is 0 Å². The number of nitrogens with one attached hydrogen (secondary N) is 2. The van der Waals surface area contributed by atoms with Crippen LogP contribution in [0.1, 0.15) is 37.8 Å². The average Bonchev–Trinajstić information content (AvgIpc) is 2.71. The first-order valence-corrected chi connectivity index (χ1v) is 9.40. The molecule has 0 saturated heterocycles. The number of carbonyl (C=O) groups excluding carboxylic acids is 3. The highest BCUT2D eigenvalue weighted by Crippen LogP contribution is 2.18. The van der Waals surface area contributed by atoms with Gasteiger partial charge in [-0.15, -0.1) is 0 Å². The molecule has 2 aromatic carbocycles. The van der Waals surface area contributed by atoms with Crippen LogP contribution in [-0.4, -0.2) is 30.6 Å². The fourth-order valence-corrected chi connectivity index (χ4v) is 2.41. The van der Waals surface area contributed by atoms with E-state index in [2.05, 4.69) is 24.5 Å². The molecule has 7 nitrogen and oxygen atoms in total. The van der Waals surface area contributed by atoms with Gasteiger partial charge in [0.25, 0.3) is 5.91 Å². The molecule has 0 radical (unpaired) electrons. The molecule has 0 fully saturated rings. The first kappa shape index (κ1) is 21.9. The van der Waals surface area contributed by atoms with Crippen molar-refractivity contribution in [2.75, 3.05) is 6.61 Å². The molecule has 0 unspecified atom stereocenters. The highest BCUT2D eigenvalue weighted by atomic mass is 16.6. The van der Waals surface area contributed by atoms with Crippen molar-refractivity contribution in [3.8, 4) is 5.75 Å². The number of ether oxygens (including phenoxy) is 2. The van der Waals surface area contributed by atoms with Crippen molar-refractivity contribution in [2.24, 2.45) is 0 Å². The number of hydrogen-bond acceptors (Lipinski definition) is 5. The lowest BCUT2D eigenvalue weighted by atomic mass is 10.0. The molecule has 0 heterocycles. The van der Waals surface area contributed by atoms with Crippen molar-refractivity contribution in [2.45, 2.75) is 39.3 Å². The summed E-state index contributed by atoms with van der Waals surface area (Å²) < 4.78 is 10.4. The van der Waals surface area contributed by atoms with Gasteiger partial charge in [-0.05, 0) is 36.1 Å². The van der Waals surface area contributed by atoms with Crippen LogP contribution in [0.25, 0.3) is 0 Å². The third kappa shape index (κ3) is 7.65. The van der Waals surface area contributed by atoms with Crippen LogP contribution < -0.4 is 15.4 Å². The normalized spacial score (nSPS) is 11.4. The summed E-state index contributed by atoms with van der Waals surface area (Å²) >= 11 is 0. The van der Waals surface area contributed by atoms with Gasteiger partial charge in [0, 0.05) is 6.54 Å². The Kier molecular flexibility index (Phi) is 8.21. The Morgan fingerprint density at radius 2 is 1.59 bits per heavy atom. The lowest BCUT2D eigenvalue weighted by Gasteiger charge is -2.14. The van der Waals surface area contributed by atoms with Gasteiger partial charge < -0.3 is 14.8 Å². The maximum absolute atomic E-state index is 12.0. The summed E-state index contributed by atoms with van der Waals surface area (Å²) in [6.45, 7) is 5.49. The van der Waals surface area contributed by atoms with Crippen LogP contribution in [0.15, 0.2) is 54.6 Å². The lowest BCUT2D eigenvalue weighted by molar-refractivity contribution is -0.156. The molecule has 3 amide bonds. The zero-order chi connectivity index (χ0) is 21.2. The Hall–Kier alpha value is -3.35. The number of hydrogen-bond donors (Lipinski definition) is 2. The SMILES string of the molecule is CC(C)c1ccc(OCC(=O)O[C@H](C)C(=O)NC(=O)NCc2ccccc2)cc1. The summed E-state index contributed by atoms with van der Waals surface area (Å²) in [7, 11) is 0. The van der Waals surface area contributed by atoms with Gasteiger partial charge in [-0.25, -0.2) is 9.59 Å². The highest BCUT2D eigenvalue weighted by Gasteiger charge is 2.20. The first-order valence-electron chi connectivity index (χ1n) is 9.40. The molecule has 0 saturated carbocycles. The van der Waals surface area contributed by atoms with Gasteiger partial charge in [-0.1, -0.05) is 56.3 Å². The predicted octanol–water partition coefficient (Wildman–Crippen LogP) is 3.15. The van der Waals surface area contributed by atoms with Crippen molar-refractivity contribution < 1.29 is 23.9 Å². The number of esters is 1. The molecule has 0 aliphatic carbocycles. The van der Waals surface area contributed by atoms with E-state index in [1.807, 2.05) is 42.5 Å². The van der Waals surface area contributed by atoms with E-state index in [-0.39, 0.29) is 13.2 Å². The number of carbonyl (C=O) groups is 3. The minimum atomic E-state index is -1.13. The van der Waals surface area contributed by atoms with Crippen molar-refractivity contribution in [3.63, 3.8) is 0 Å². The highest BCUT2D eigenvalue weighted by molar-refractivity contribution is 5.97. The average molecular weight is 398 g/mol. The van der Waals surface area contributed by atoms with Crippen LogP contribution in [0, 0.1) is 0 Å². The third-order valence-corrected chi connectivity index (χ3v) is 4.11. The van der Waals surface area contributed by atoms with Gasteiger partial charge in [-0.3, -0.25) is 10.1 Å². The van der Waals surface area contributed by atoms with Gasteiger partial charge in [0.1, 0.15) is 5.75 Å². The molecule has 2 N–H and O–H groups in total. The van der Waals surface area contributed by atoms with Crippen LogP contribution in [0.5, 0.6) is 5.75 Å². The van der Waals surface area contributed by atoms with E-state index in [1.54, 1.807) is 12.1 Å². The van der Waals surface area contributed by atoms with Crippen LogP contribution in [0.3, 0.4) is 0 Å². The fraction of sp³-hybridized carbons (Fsp3) is 0.318. The summed E-state index contributed by atoms with van der Waals surface area (Å²) in [6.07, 6.45) is -1.13. The number of imide groups is 1. The van der Waals surface area contributed by atoms with E-state index in [0.717, 1.165) is 11.1 Å². The number of urea groups is 1. The third-order valence-electron chi connectivity index (χ3n) is 4.11. The molecule has 29 heavy (non-hydrogen) atoms. The topological polar surface area (TPSA) is 93.7 Å². The fourth-order valence-electron chi connectivity index (χ4n) is 2.41. The van der Waals surface area contributed by atoms with Gasteiger partial charge in [0.15, 0.2) is 12.7 Å². The Labute approximate surface area is 170 Å². The number of amides is 3. The van der Waals surface area contributed by atoms with Crippen LogP contribution >= 0.6 is 0 Å². The molecular formula is C22H26N2O5. The summed E-state index contributed by atoms with van der Waals surface area (Å²) in [4.78, 5) is 35.7. The first-order chi connectivity index (χ1) is 13.8. The summed E-state index contributed by atoms with van der Waals surface area (Å²) in [6, 6.07) is 16.0. The molecule has 7 heteroatoms. The van der Waals surface area contributed by atoms with E-state index < -0.39 is 24.0 Å². The second kappa shape index (κ2) is 10.8. The Balaban J connectivity index is 1.70. The van der Waals surface area contributed by atoms with E-state index in [1.165, 1.54) is 6.92 Å². The summed E-state index contributed by atoms with van der Waals surface area (Å²) in [5.74, 6) is -0.488. The number of rotatable bonds is 8. The Morgan fingerprint density at radius 3 is 2.21 bits per heavy atom. The Bertz CT molecular complexity index is 819. The minimum absolute atomic E-state index is 0.275. The van der Waals surface area contributed by atoms with E-state index in [4.69, 9.17) is 9.47 Å². The molecule has 0 aliphatic rings. The van der Waals surface area contributed by atoms with Crippen molar-refractivity contribution in [1.82, 2.24) is 10.6 Å². The molecule has 0 bridgehead atoms. The second-order valence-electron chi connectivity index (χ2n) is 6.80. The predicted molar refractivity (Wildman–Crippen MR) is 108 cm³/mol. The maximum Gasteiger partial charge on any atom is 0.344 e. The van der Waals surface area contributed by atoms with Crippen LogP contribution in [0.4, 0.5) is 4.79 Å². The maximum atomic E-state index is 12.0. The number of benzene rings is 2. The van der Waals surface area contributed by atoms with Crippen molar-refractivity contribution >= 4 is 17.9 Å². The standard InChI is InChI=1S/C22H26N2O5/c1-15(2)18-9-11-19(12-10-18)28-14-20(25)29-16(3)21(26)24-22(27)23-13-17-7-5-4-6-8-17/h4-12,15-16H,13-14H2,1-3H3,(H2,23,24,26,27)/t16-/m1/s1. The van der Waals surface area contributed by atoms with Crippen LogP contribution in [0.2, 0.25) is 0 Å². The quantitative estimate of drug-likeness (QED) is 0.666. The minimum Gasteiger partial charge on any atom is -0.482 e. The molecule has 2 aromatic rings. The molecule has 154 valence electrons. The van der Waals surface area contributed by atoms with E-state index >= 15 is 0 Å².